The lowest BCUT2D eigenvalue weighted by molar-refractivity contribution is -0.144. The molecule has 2 heterocycles. The van der Waals surface area contributed by atoms with Crippen LogP contribution in [0.15, 0.2) is 6.20 Å². The van der Waals surface area contributed by atoms with Crippen molar-refractivity contribution in [2.75, 3.05) is 13.6 Å². The Bertz CT molecular complexity index is 873. The highest BCUT2D eigenvalue weighted by atomic mass is 16.4. The molecule has 1 aromatic heterocycles. The van der Waals surface area contributed by atoms with Gasteiger partial charge in [0.2, 0.25) is 11.8 Å². The third-order valence-electron chi connectivity index (χ3n) is 6.69. The number of nitrogens with zero attached hydrogens (tertiary/aromatic N) is 4. The summed E-state index contributed by atoms with van der Waals surface area (Å²) >= 11 is 0. The van der Waals surface area contributed by atoms with Gasteiger partial charge in [-0.1, -0.05) is 45.2 Å². The van der Waals surface area contributed by atoms with Gasteiger partial charge in [-0.15, -0.1) is 5.10 Å². The van der Waals surface area contributed by atoms with Crippen LogP contribution in [0.5, 0.6) is 0 Å². The minimum Gasteiger partial charge on any atom is -0.465 e. The fourth-order valence-corrected chi connectivity index (χ4v) is 5.18. The molecule has 1 aliphatic carbocycles. The first kappa shape index (κ1) is 24.9. The van der Waals surface area contributed by atoms with E-state index in [-0.39, 0.29) is 24.8 Å². The van der Waals surface area contributed by atoms with Crippen LogP contribution in [-0.4, -0.2) is 79.3 Å². The minimum atomic E-state index is -1.06. The SMILES string of the molecule is CNC(=O)[C@@H]1C[C@@H](O)CN1C(=O)C(n1cc(CC2(NC(=O)O)CCCCC2)nn1)C(C)(C)C. The second-order valence-corrected chi connectivity index (χ2v) is 10.4. The van der Waals surface area contributed by atoms with Gasteiger partial charge >= 0.3 is 6.09 Å². The third kappa shape index (κ3) is 5.63. The summed E-state index contributed by atoms with van der Waals surface area (Å²) in [5.74, 6) is -0.619. The highest BCUT2D eigenvalue weighted by molar-refractivity contribution is 5.90. The van der Waals surface area contributed by atoms with Gasteiger partial charge in [-0.3, -0.25) is 9.59 Å². The number of hydrogen-bond donors (Lipinski definition) is 4. The van der Waals surface area contributed by atoms with Gasteiger partial charge in [0.15, 0.2) is 0 Å². The van der Waals surface area contributed by atoms with E-state index in [0.29, 0.717) is 12.1 Å². The number of amides is 3. The molecular formula is C22H36N6O5. The number of likely N-dealkylation sites (tertiary alicyclic amines) is 1. The maximum Gasteiger partial charge on any atom is 0.405 e. The molecule has 11 heteroatoms. The first-order valence-electron chi connectivity index (χ1n) is 11.6. The summed E-state index contributed by atoms with van der Waals surface area (Å²) in [6, 6.07) is -1.48. The maximum atomic E-state index is 13.6. The predicted molar refractivity (Wildman–Crippen MR) is 119 cm³/mol. The van der Waals surface area contributed by atoms with Crippen molar-refractivity contribution in [3.05, 3.63) is 11.9 Å². The Kier molecular flexibility index (Phi) is 7.30. The number of carboxylic acid groups (broad SMARTS) is 1. The Hall–Kier alpha value is -2.69. The van der Waals surface area contributed by atoms with Crippen LogP contribution in [0.1, 0.15) is 71.0 Å². The second kappa shape index (κ2) is 9.66. The van der Waals surface area contributed by atoms with Crippen LogP contribution in [0.3, 0.4) is 0 Å². The molecule has 0 spiro atoms. The molecule has 2 aliphatic rings. The van der Waals surface area contributed by atoms with Gasteiger partial charge in [0.25, 0.3) is 0 Å². The van der Waals surface area contributed by atoms with Crippen molar-refractivity contribution in [3.63, 3.8) is 0 Å². The molecule has 1 aliphatic heterocycles. The molecule has 2 fully saturated rings. The monoisotopic (exact) mass is 464 g/mol. The molecule has 1 saturated carbocycles. The third-order valence-corrected chi connectivity index (χ3v) is 6.69. The molecular weight excluding hydrogens is 428 g/mol. The van der Waals surface area contributed by atoms with E-state index in [2.05, 4.69) is 20.9 Å². The van der Waals surface area contributed by atoms with Gasteiger partial charge in [0, 0.05) is 38.2 Å². The van der Waals surface area contributed by atoms with Gasteiger partial charge in [0.05, 0.1) is 11.8 Å². The summed E-state index contributed by atoms with van der Waals surface area (Å²) in [7, 11) is 1.51. The molecule has 1 aromatic rings. The smallest absolute Gasteiger partial charge is 0.405 e. The van der Waals surface area contributed by atoms with Crippen LogP contribution in [0, 0.1) is 5.41 Å². The van der Waals surface area contributed by atoms with Gasteiger partial charge in [-0.2, -0.15) is 0 Å². The van der Waals surface area contributed by atoms with E-state index in [1.54, 1.807) is 6.20 Å². The minimum absolute atomic E-state index is 0.0801. The summed E-state index contributed by atoms with van der Waals surface area (Å²) < 4.78 is 1.51. The number of aliphatic hydroxyl groups is 1. The number of carbonyl (C=O) groups is 3. The van der Waals surface area contributed by atoms with Crippen molar-refractivity contribution in [3.8, 4) is 0 Å². The summed E-state index contributed by atoms with van der Waals surface area (Å²) in [4.78, 5) is 38.8. The highest BCUT2D eigenvalue weighted by Crippen LogP contribution is 2.35. The van der Waals surface area contributed by atoms with Crippen LogP contribution in [0.25, 0.3) is 0 Å². The Morgan fingerprint density at radius 1 is 1.24 bits per heavy atom. The molecule has 11 nitrogen and oxygen atoms in total. The van der Waals surface area contributed by atoms with Crippen LogP contribution >= 0.6 is 0 Å². The van der Waals surface area contributed by atoms with Gasteiger partial charge < -0.3 is 25.7 Å². The first-order chi connectivity index (χ1) is 15.5. The molecule has 1 unspecified atom stereocenters. The van der Waals surface area contributed by atoms with Crippen LogP contribution in [0.2, 0.25) is 0 Å². The van der Waals surface area contributed by atoms with E-state index in [1.165, 1.54) is 16.6 Å². The van der Waals surface area contributed by atoms with Crippen molar-refractivity contribution in [2.45, 2.75) is 89.4 Å². The molecule has 33 heavy (non-hydrogen) atoms. The molecule has 4 N–H and O–H groups in total. The second-order valence-electron chi connectivity index (χ2n) is 10.4. The molecule has 184 valence electrons. The normalized spacial score (nSPS) is 23.7. The molecule has 0 aromatic carbocycles. The van der Waals surface area contributed by atoms with Gasteiger partial charge in [-0.05, 0) is 18.3 Å². The first-order valence-corrected chi connectivity index (χ1v) is 11.6. The molecule has 1 saturated heterocycles. The number of likely N-dealkylation sites (N-methyl/N-ethyl adjacent to an activating group) is 1. The van der Waals surface area contributed by atoms with Crippen molar-refractivity contribution in [1.29, 1.82) is 0 Å². The van der Waals surface area contributed by atoms with Crippen molar-refractivity contribution in [1.82, 2.24) is 30.5 Å². The zero-order chi connectivity index (χ0) is 24.4. The number of hydrogen-bond acceptors (Lipinski definition) is 6. The van der Waals surface area contributed by atoms with Crippen molar-refractivity contribution >= 4 is 17.9 Å². The highest BCUT2D eigenvalue weighted by Gasteiger charge is 2.45. The Morgan fingerprint density at radius 3 is 2.48 bits per heavy atom. The quantitative estimate of drug-likeness (QED) is 0.492. The average Bonchev–Trinajstić information content (AvgIpc) is 3.32. The van der Waals surface area contributed by atoms with E-state index in [4.69, 9.17) is 0 Å². The van der Waals surface area contributed by atoms with E-state index in [1.807, 2.05) is 20.8 Å². The Morgan fingerprint density at radius 2 is 1.91 bits per heavy atom. The van der Waals surface area contributed by atoms with Crippen LogP contribution in [0.4, 0.5) is 4.79 Å². The Labute approximate surface area is 193 Å². The van der Waals surface area contributed by atoms with Crippen LogP contribution in [-0.2, 0) is 16.0 Å². The molecule has 3 amide bonds. The molecule has 3 atom stereocenters. The Balaban J connectivity index is 1.87. The topological polar surface area (TPSA) is 150 Å². The largest absolute Gasteiger partial charge is 0.465 e. The number of aliphatic hydroxyl groups excluding tert-OH is 1. The lowest BCUT2D eigenvalue weighted by Crippen LogP contribution is -2.51. The number of nitrogens with one attached hydrogen (secondary N) is 2. The lowest BCUT2D eigenvalue weighted by atomic mass is 9.78. The fourth-order valence-electron chi connectivity index (χ4n) is 5.18. The molecule has 0 radical (unpaired) electrons. The summed E-state index contributed by atoms with van der Waals surface area (Å²) in [5.41, 5.74) is -0.530. The average molecular weight is 465 g/mol. The number of β-amino-alcohol motifs (C(OH)–C–C–N with tert-alkyl or cyclic N) is 1. The van der Waals surface area contributed by atoms with Gasteiger partial charge in [-0.25, -0.2) is 9.48 Å². The standard InChI is InChI=1S/C22H36N6O5/c1-21(2,3)17(19(31)27-13-15(29)10-16(27)18(30)23-4)28-12-14(25-26-28)11-22(24-20(32)33)8-6-5-7-9-22/h12,15-17,24,29H,5-11,13H2,1-4H3,(H,23,30)(H,32,33)/t15-,16+,17?/m1/s1. The summed E-state index contributed by atoms with van der Waals surface area (Å²) in [6.45, 7) is 5.81. The van der Waals surface area contributed by atoms with Gasteiger partial charge in [0.1, 0.15) is 12.1 Å². The lowest BCUT2D eigenvalue weighted by Gasteiger charge is -2.36. The van der Waals surface area contributed by atoms with Crippen LogP contribution < -0.4 is 10.6 Å². The summed E-state index contributed by atoms with van der Waals surface area (Å²) in [6.07, 6.45) is 4.88. The van der Waals surface area contributed by atoms with E-state index < -0.39 is 35.2 Å². The van der Waals surface area contributed by atoms with E-state index in [9.17, 15) is 24.6 Å². The zero-order valence-electron chi connectivity index (χ0n) is 19.9. The zero-order valence-corrected chi connectivity index (χ0v) is 19.9. The van der Waals surface area contributed by atoms with Crippen molar-refractivity contribution in [2.24, 2.45) is 5.41 Å². The van der Waals surface area contributed by atoms with E-state index >= 15 is 0 Å². The van der Waals surface area contributed by atoms with Crippen molar-refractivity contribution < 1.29 is 24.6 Å². The summed E-state index contributed by atoms with van der Waals surface area (Å²) in [5, 5.41) is 33.3. The number of carbonyl (C=O) groups excluding carboxylic acids is 2. The molecule has 3 rings (SSSR count). The maximum absolute atomic E-state index is 13.6. The number of aromatic nitrogens is 3. The molecule has 0 bridgehead atoms. The fraction of sp³-hybridized carbons (Fsp3) is 0.773. The van der Waals surface area contributed by atoms with E-state index in [0.717, 1.165) is 32.1 Å². The number of rotatable bonds is 6. The predicted octanol–water partition coefficient (Wildman–Crippen LogP) is 1.09.